The quantitative estimate of drug-likeness (QED) is 0.732. The monoisotopic (exact) mass is 386 g/mol. The van der Waals surface area contributed by atoms with Gasteiger partial charge >= 0.3 is 6.09 Å². The topological polar surface area (TPSA) is 78.0 Å². The summed E-state index contributed by atoms with van der Waals surface area (Å²) in [4.78, 5) is 29.3. The zero-order chi connectivity index (χ0) is 20.3. The predicted molar refractivity (Wildman–Crippen MR) is 105 cm³/mol. The molecular formula is C21H26N2O5. The Balaban J connectivity index is 1.79. The second-order valence-corrected chi connectivity index (χ2v) is 7.84. The average molecular weight is 386 g/mol. The van der Waals surface area contributed by atoms with E-state index in [9.17, 15) is 9.59 Å². The van der Waals surface area contributed by atoms with E-state index < -0.39 is 11.7 Å². The van der Waals surface area contributed by atoms with Crippen molar-refractivity contribution >= 4 is 23.3 Å². The fourth-order valence-electron chi connectivity index (χ4n) is 3.01. The number of hydrogen-bond acceptors (Lipinski definition) is 6. The minimum Gasteiger partial charge on any atom is -0.486 e. The van der Waals surface area contributed by atoms with Crippen LogP contribution in [0.5, 0.6) is 11.5 Å². The van der Waals surface area contributed by atoms with Gasteiger partial charge in [0.2, 0.25) is 0 Å². The van der Waals surface area contributed by atoms with Crippen LogP contribution in [0.1, 0.15) is 32.9 Å². The molecule has 2 aromatic rings. The van der Waals surface area contributed by atoms with Crippen LogP contribution < -0.4 is 9.47 Å². The number of ether oxygens (including phenoxy) is 3. The minimum atomic E-state index is -0.618. The second kappa shape index (κ2) is 8.04. The summed E-state index contributed by atoms with van der Waals surface area (Å²) < 4.78 is 17.5. The van der Waals surface area contributed by atoms with Gasteiger partial charge in [0.15, 0.2) is 17.6 Å². The second-order valence-electron chi connectivity index (χ2n) is 7.84. The van der Waals surface area contributed by atoms with Gasteiger partial charge in [0.25, 0.3) is 0 Å². The van der Waals surface area contributed by atoms with Crippen LogP contribution in [-0.2, 0) is 9.53 Å². The first-order chi connectivity index (χ1) is 13.3. The molecule has 0 fully saturated rings. The van der Waals surface area contributed by atoms with Gasteiger partial charge in [-0.1, -0.05) is 0 Å². The summed E-state index contributed by atoms with van der Waals surface area (Å²) >= 11 is 0. The largest absolute Gasteiger partial charge is 0.486 e. The van der Waals surface area contributed by atoms with Gasteiger partial charge in [0.05, 0.1) is 12.1 Å². The Labute approximate surface area is 164 Å². The standard InChI is InChI=1S/C21H26N2O5/c1-14-6-7-16-17(22-14)8-9-18-19(16)27-15(13-26-18)12-23(10-5-11-24)20(25)28-21(2,3)4/h6-9,11,15H,5,10,12-13H2,1-4H3. The Hall–Kier alpha value is -2.83. The Morgan fingerprint density at radius 2 is 2.11 bits per heavy atom. The van der Waals surface area contributed by atoms with Crippen molar-refractivity contribution in [2.75, 3.05) is 19.7 Å². The summed E-state index contributed by atoms with van der Waals surface area (Å²) in [7, 11) is 0. The number of hydrogen-bond donors (Lipinski definition) is 0. The SMILES string of the molecule is Cc1ccc2c3c(ccc2n1)OCC(CN(CCC=O)C(=O)OC(C)(C)C)O3. The van der Waals surface area contributed by atoms with Crippen LogP contribution in [0.25, 0.3) is 10.9 Å². The summed E-state index contributed by atoms with van der Waals surface area (Å²) in [5, 5.41) is 0.865. The highest BCUT2D eigenvalue weighted by Gasteiger charge is 2.29. The van der Waals surface area contributed by atoms with Crippen LogP contribution in [0, 0.1) is 6.92 Å². The molecule has 7 heteroatoms. The number of pyridine rings is 1. The van der Waals surface area contributed by atoms with Crippen LogP contribution in [0.2, 0.25) is 0 Å². The van der Waals surface area contributed by atoms with E-state index in [-0.39, 0.29) is 25.6 Å². The maximum absolute atomic E-state index is 12.5. The Bertz CT molecular complexity index is 875. The lowest BCUT2D eigenvalue weighted by Gasteiger charge is -2.32. The minimum absolute atomic E-state index is 0.232. The normalized spacial score (nSPS) is 15.9. The van der Waals surface area contributed by atoms with E-state index in [0.29, 0.717) is 18.1 Å². The first-order valence-corrected chi connectivity index (χ1v) is 9.38. The third-order valence-corrected chi connectivity index (χ3v) is 4.23. The van der Waals surface area contributed by atoms with E-state index in [1.54, 1.807) is 20.8 Å². The molecule has 1 amide bonds. The number of aldehydes is 1. The first-order valence-electron chi connectivity index (χ1n) is 9.38. The van der Waals surface area contributed by atoms with Crippen molar-refractivity contribution in [1.82, 2.24) is 9.88 Å². The number of carbonyl (C=O) groups excluding carboxylic acids is 2. The van der Waals surface area contributed by atoms with Crippen molar-refractivity contribution in [1.29, 1.82) is 0 Å². The predicted octanol–water partition coefficient (Wildman–Crippen LogP) is 3.51. The highest BCUT2D eigenvalue weighted by molar-refractivity contribution is 5.88. The third kappa shape index (κ3) is 4.71. The van der Waals surface area contributed by atoms with Gasteiger partial charge in [0, 0.05) is 24.0 Å². The van der Waals surface area contributed by atoms with Crippen molar-refractivity contribution in [2.45, 2.75) is 45.8 Å². The van der Waals surface area contributed by atoms with Gasteiger partial charge in [-0.25, -0.2) is 4.79 Å². The molecule has 1 aliphatic rings. The number of benzene rings is 1. The van der Waals surface area contributed by atoms with E-state index in [4.69, 9.17) is 14.2 Å². The fraction of sp³-hybridized carbons (Fsp3) is 0.476. The van der Waals surface area contributed by atoms with Gasteiger partial charge in [-0.15, -0.1) is 0 Å². The molecule has 1 aromatic heterocycles. The molecule has 1 aromatic carbocycles. The van der Waals surface area contributed by atoms with Crippen molar-refractivity contribution in [3.8, 4) is 11.5 Å². The lowest BCUT2D eigenvalue weighted by molar-refractivity contribution is -0.108. The Morgan fingerprint density at radius 3 is 2.82 bits per heavy atom. The number of nitrogens with zero attached hydrogens (tertiary/aromatic N) is 2. The highest BCUT2D eigenvalue weighted by Crippen LogP contribution is 2.38. The van der Waals surface area contributed by atoms with Gasteiger partial charge < -0.3 is 23.9 Å². The third-order valence-electron chi connectivity index (χ3n) is 4.23. The lowest BCUT2D eigenvalue weighted by Crippen LogP contribution is -2.46. The molecule has 0 saturated heterocycles. The fourth-order valence-corrected chi connectivity index (χ4v) is 3.01. The summed E-state index contributed by atoms with van der Waals surface area (Å²) in [5.74, 6) is 1.28. The zero-order valence-electron chi connectivity index (χ0n) is 16.7. The van der Waals surface area contributed by atoms with Gasteiger partial charge in [-0.3, -0.25) is 4.98 Å². The first kappa shape index (κ1) is 19.9. The summed E-state index contributed by atoms with van der Waals surface area (Å²) in [6, 6.07) is 7.63. The van der Waals surface area contributed by atoms with E-state index in [2.05, 4.69) is 4.98 Å². The maximum atomic E-state index is 12.5. The molecule has 1 aliphatic heterocycles. The number of carbonyl (C=O) groups is 2. The van der Waals surface area contributed by atoms with Crippen LogP contribution in [0.4, 0.5) is 4.79 Å². The van der Waals surface area contributed by atoms with Crippen molar-refractivity contribution < 1.29 is 23.8 Å². The maximum Gasteiger partial charge on any atom is 0.410 e. The molecule has 7 nitrogen and oxygen atoms in total. The molecule has 1 atom stereocenters. The van der Waals surface area contributed by atoms with Crippen LogP contribution >= 0.6 is 0 Å². The molecule has 0 spiro atoms. The van der Waals surface area contributed by atoms with Gasteiger partial charge in [-0.05, 0) is 52.0 Å². The number of rotatable bonds is 5. The van der Waals surface area contributed by atoms with E-state index in [1.807, 2.05) is 31.2 Å². The van der Waals surface area contributed by atoms with Crippen molar-refractivity contribution in [3.63, 3.8) is 0 Å². The summed E-state index contributed by atoms with van der Waals surface area (Å²) in [6.07, 6.45) is 0.166. The number of fused-ring (bicyclic) bond motifs is 3. The van der Waals surface area contributed by atoms with Crippen LogP contribution in [-0.4, -0.2) is 53.7 Å². The smallest absolute Gasteiger partial charge is 0.410 e. The van der Waals surface area contributed by atoms with Gasteiger partial charge in [-0.2, -0.15) is 0 Å². The van der Waals surface area contributed by atoms with Crippen LogP contribution in [0.3, 0.4) is 0 Å². The summed E-state index contributed by atoms with van der Waals surface area (Å²) in [5.41, 5.74) is 1.13. The van der Waals surface area contributed by atoms with Crippen molar-refractivity contribution in [3.05, 3.63) is 30.0 Å². The molecule has 2 heterocycles. The molecule has 150 valence electrons. The van der Waals surface area contributed by atoms with E-state index in [1.165, 1.54) is 4.90 Å². The van der Waals surface area contributed by atoms with E-state index in [0.717, 1.165) is 22.9 Å². The molecule has 1 unspecified atom stereocenters. The molecule has 0 saturated carbocycles. The van der Waals surface area contributed by atoms with Crippen molar-refractivity contribution in [2.24, 2.45) is 0 Å². The summed E-state index contributed by atoms with van der Waals surface area (Å²) in [6.45, 7) is 8.18. The molecular weight excluding hydrogens is 360 g/mol. The molecule has 3 rings (SSSR count). The molecule has 0 bridgehead atoms. The van der Waals surface area contributed by atoms with E-state index >= 15 is 0 Å². The average Bonchev–Trinajstić information content (AvgIpc) is 2.63. The van der Waals surface area contributed by atoms with Gasteiger partial charge in [0.1, 0.15) is 18.5 Å². The molecule has 0 radical (unpaired) electrons. The lowest BCUT2D eigenvalue weighted by atomic mass is 10.1. The van der Waals surface area contributed by atoms with Crippen LogP contribution in [0.15, 0.2) is 24.3 Å². The highest BCUT2D eigenvalue weighted by atomic mass is 16.6. The number of aromatic nitrogens is 1. The molecule has 0 aliphatic carbocycles. The number of aryl methyl sites for hydroxylation is 1. The Morgan fingerprint density at radius 1 is 1.32 bits per heavy atom. The molecule has 28 heavy (non-hydrogen) atoms. The Kier molecular flexibility index (Phi) is 5.72. The zero-order valence-corrected chi connectivity index (χ0v) is 16.7. The molecule has 0 N–H and O–H groups in total. The number of amides is 1.